The van der Waals surface area contributed by atoms with Crippen molar-refractivity contribution in [1.29, 1.82) is 0 Å². The minimum Gasteiger partial charge on any atom is -0.276 e. The van der Waals surface area contributed by atoms with Crippen LogP contribution in [0.15, 0.2) is 18.3 Å². The first kappa shape index (κ1) is 9.49. The third-order valence-corrected chi connectivity index (χ3v) is 2.69. The smallest absolute Gasteiger partial charge is 0.253 e. The van der Waals surface area contributed by atoms with Gasteiger partial charge in [-0.1, -0.05) is 11.6 Å². The van der Waals surface area contributed by atoms with E-state index >= 15 is 0 Å². The summed E-state index contributed by atoms with van der Waals surface area (Å²) in [5, 5.41) is 4.57. The SMILES string of the molecule is Cn1ncc2c(Cl)c(C(=O)Cl)ccc21. The molecule has 3 nitrogen and oxygen atoms in total. The maximum absolute atomic E-state index is 11.0. The third kappa shape index (κ3) is 1.29. The molecular formula is C9H6Cl2N2O. The van der Waals surface area contributed by atoms with E-state index in [1.54, 1.807) is 30.1 Å². The second kappa shape index (κ2) is 3.26. The lowest BCUT2D eigenvalue weighted by Crippen LogP contribution is -1.92. The van der Waals surface area contributed by atoms with Gasteiger partial charge in [-0.25, -0.2) is 0 Å². The first-order valence-electron chi connectivity index (χ1n) is 3.91. The fourth-order valence-corrected chi connectivity index (χ4v) is 1.85. The van der Waals surface area contributed by atoms with Crippen LogP contribution in [0.5, 0.6) is 0 Å². The summed E-state index contributed by atoms with van der Waals surface area (Å²) in [5.41, 5.74) is 1.19. The van der Waals surface area contributed by atoms with Gasteiger partial charge in [-0.3, -0.25) is 9.48 Å². The molecule has 0 amide bonds. The van der Waals surface area contributed by atoms with Crippen LogP contribution in [0.2, 0.25) is 5.02 Å². The monoisotopic (exact) mass is 228 g/mol. The van der Waals surface area contributed by atoms with E-state index in [2.05, 4.69) is 5.10 Å². The first-order valence-corrected chi connectivity index (χ1v) is 4.67. The van der Waals surface area contributed by atoms with Crippen LogP contribution in [0.4, 0.5) is 0 Å². The average molecular weight is 229 g/mol. The van der Waals surface area contributed by atoms with Gasteiger partial charge in [0, 0.05) is 12.4 Å². The number of hydrogen-bond acceptors (Lipinski definition) is 2. The highest BCUT2D eigenvalue weighted by atomic mass is 35.5. The van der Waals surface area contributed by atoms with Crippen molar-refractivity contribution >= 4 is 39.3 Å². The van der Waals surface area contributed by atoms with Crippen LogP contribution in [-0.4, -0.2) is 15.0 Å². The lowest BCUT2D eigenvalue weighted by molar-refractivity contribution is 0.108. The molecule has 2 aromatic rings. The van der Waals surface area contributed by atoms with Crippen molar-refractivity contribution in [2.45, 2.75) is 0 Å². The Morgan fingerprint density at radius 1 is 1.50 bits per heavy atom. The molecule has 0 bridgehead atoms. The van der Waals surface area contributed by atoms with Gasteiger partial charge in [-0.05, 0) is 23.7 Å². The van der Waals surface area contributed by atoms with Crippen molar-refractivity contribution < 1.29 is 4.79 Å². The third-order valence-electron chi connectivity index (χ3n) is 2.08. The van der Waals surface area contributed by atoms with Crippen molar-refractivity contribution in [3.05, 3.63) is 28.9 Å². The first-order chi connectivity index (χ1) is 6.61. The van der Waals surface area contributed by atoms with Crippen LogP contribution >= 0.6 is 23.2 Å². The summed E-state index contributed by atoms with van der Waals surface area (Å²) in [6.07, 6.45) is 1.61. The van der Waals surface area contributed by atoms with Gasteiger partial charge in [0.15, 0.2) is 0 Å². The standard InChI is InChI=1S/C9H6Cl2N2O/c1-13-7-3-2-5(9(11)14)8(10)6(7)4-12-13/h2-4H,1H3. The van der Waals surface area contributed by atoms with Crippen LogP contribution in [0.25, 0.3) is 10.9 Å². The van der Waals surface area contributed by atoms with Gasteiger partial charge in [-0.2, -0.15) is 5.10 Å². The quantitative estimate of drug-likeness (QED) is 0.704. The zero-order valence-electron chi connectivity index (χ0n) is 7.29. The number of rotatable bonds is 1. The highest BCUT2D eigenvalue weighted by molar-refractivity contribution is 6.69. The summed E-state index contributed by atoms with van der Waals surface area (Å²) in [4.78, 5) is 11.0. The Hall–Kier alpha value is -1.06. The van der Waals surface area contributed by atoms with Crippen molar-refractivity contribution in [3.63, 3.8) is 0 Å². The van der Waals surface area contributed by atoms with E-state index in [0.717, 1.165) is 10.9 Å². The molecule has 0 fully saturated rings. The van der Waals surface area contributed by atoms with Crippen LogP contribution in [-0.2, 0) is 7.05 Å². The van der Waals surface area contributed by atoms with Crippen LogP contribution in [0, 0.1) is 0 Å². The summed E-state index contributed by atoms with van der Waals surface area (Å²) < 4.78 is 1.68. The molecule has 0 unspecified atom stereocenters. The summed E-state index contributed by atoms with van der Waals surface area (Å²) >= 11 is 11.4. The molecule has 0 aliphatic heterocycles. The molecule has 0 aliphatic carbocycles. The highest BCUT2D eigenvalue weighted by Crippen LogP contribution is 2.27. The average Bonchev–Trinajstić information content (AvgIpc) is 2.49. The van der Waals surface area contributed by atoms with Gasteiger partial charge in [0.2, 0.25) is 0 Å². The maximum atomic E-state index is 11.0. The molecule has 0 radical (unpaired) electrons. The van der Waals surface area contributed by atoms with Gasteiger partial charge in [0.05, 0.1) is 22.3 Å². The molecule has 14 heavy (non-hydrogen) atoms. The Morgan fingerprint density at radius 3 is 2.86 bits per heavy atom. The Labute approximate surface area is 90.2 Å². The van der Waals surface area contributed by atoms with E-state index < -0.39 is 5.24 Å². The molecular weight excluding hydrogens is 223 g/mol. The van der Waals surface area contributed by atoms with E-state index in [-0.39, 0.29) is 0 Å². The molecule has 5 heteroatoms. The van der Waals surface area contributed by atoms with Gasteiger partial charge >= 0.3 is 0 Å². The molecule has 72 valence electrons. The molecule has 0 atom stereocenters. The maximum Gasteiger partial charge on any atom is 0.253 e. The van der Waals surface area contributed by atoms with Crippen molar-refractivity contribution in [3.8, 4) is 0 Å². The number of fused-ring (bicyclic) bond motifs is 1. The van der Waals surface area contributed by atoms with Crippen LogP contribution < -0.4 is 0 Å². The largest absolute Gasteiger partial charge is 0.276 e. The fraction of sp³-hybridized carbons (Fsp3) is 0.111. The van der Waals surface area contributed by atoms with Crippen molar-refractivity contribution in [2.24, 2.45) is 7.05 Å². The fourth-order valence-electron chi connectivity index (χ4n) is 1.35. The Morgan fingerprint density at radius 2 is 2.21 bits per heavy atom. The molecule has 0 saturated heterocycles. The molecule has 0 aliphatic rings. The van der Waals surface area contributed by atoms with Crippen molar-refractivity contribution in [1.82, 2.24) is 9.78 Å². The van der Waals surface area contributed by atoms with E-state index in [1.807, 2.05) is 0 Å². The number of carbonyl (C=O) groups is 1. The Kier molecular flexibility index (Phi) is 2.21. The number of benzene rings is 1. The minimum atomic E-state index is -0.555. The van der Waals surface area contributed by atoms with Crippen LogP contribution in [0.1, 0.15) is 10.4 Å². The second-order valence-corrected chi connectivity index (χ2v) is 3.62. The van der Waals surface area contributed by atoms with Gasteiger partial charge in [0.1, 0.15) is 0 Å². The van der Waals surface area contributed by atoms with Gasteiger partial charge in [-0.15, -0.1) is 0 Å². The number of hydrogen-bond donors (Lipinski definition) is 0. The number of aryl methyl sites for hydroxylation is 1. The summed E-state index contributed by atoms with van der Waals surface area (Å²) in [5.74, 6) is 0. The number of nitrogens with zero attached hydrogens (tertiary/aromatic N) is 2. The van der Waals surface area contributed by atoms with E-state index in [1.165, 1.54) is 0 Å². The molecule has 0 N–H and O–H groups in total. The lowest BCUT2D eigenvalue weighted by atomic mass is 10.2. The number of carbonyl (C=O) groups excluding carboxylic acids is 1. The molecule has 1 aromatic heterocycles. The highest BCUT2D eigenvalue weighted by Gasteiger charge is 2.12. The summed E-state index contributed by atoms with van der Waals surface area (Å²) in [6, 6.07) is 3.37. The summed E-state index contributed by atoms with van der Waals surface area (Å²) in [6.45, 7) is 0. The molecule has 0 spiro atoms. The van der Waals surface area contributed by atoms with E-state index in [4.69, 9.17) is 23.2 Å². The zero-order chi connectivity index (χ0) is 10.3. The van der Waals surface area contributed by atoms with E-state index in [9.17, 15) is 4.79 Å². The Bertz CT molecular complexity index is 519. The zero-order valence-corrected chi connectivity index (χ0v) is 8.80. The predicted molar refractivity (Wildman–Crippen MR) is 55.9 cm³/mol. The van der Waals surface area contributed by atoms with E-state index in [0.29, 0.717) is 10.6 Å². The predicted octanol–water partition coefficient (Wildman–Crippen LogP) is 2.61. The van der Waals surface area contributed by atoms with Gasteiger partial charge in [0.25, 0.3) is 5.24 Å². The normalized spacial score (nSPS) is 10.8. The number of aromatic nitrogens is 2. The van der Waals surface area contributed by atoms with Gasteiger partial charge < -0.3 is 0 Å². The molecule has 2 rings (SSSR count). The second-order valence-electron chi connectivity index (χ2n) is 2.90. The molecule has 1 aromatic carbocycles. The molecule has 0 saturated carbocycles. The minimum absolute atomic E-state index is 0.314. The molecule has 1 heterocycles. The number of halogens is 2. The van der Waals surface area contributed by atoms with Crippen LogP contribution in [0.3, 0.4) is 0 Å². The Balaban J connectivity index is 2.82. The lowest BCUT2D eigenvalue weighted by Gasteiger charge is -2.00. The van der Waals surface area contributed by atoms with Crippen molar-refractivity contribution in [2.75, 3.05) is 0 Å². The summed E-state index contributed by atoms with van der Waals surface area (Å²) in [7, 11) is 1.81. The topological polar surface area (TPSA) is 34.9 Å².